The SMILES string of the molecule is O=C(OCC1c2ccccc2-c2ccccc21)N1C2C=C(c3ccccc3Oc3ccccc3)CC1CCC2. The molecule has 194 valence electrons. The summed E-state index contributed by atoms with van der Waals surface area (Å²) in [4.78, 5) is 15.6. The van der Waals surface area contributed by atoms with Crippen molar-refractivity contribution in [2.75, 3.05) is 6.61 Å². The fourth-order valence-electron chi connectivity index (χ4n) is 6.62. The predicted octanol–water partition coefficient (Wildman–Crippen LogP) is 8.44. The summed E-state index contributed by atoms with van der Waals surface area (Å²) < 4.78 is 12.4. The van der Waals surface area contributed by atoms with E-state index in [1.54, 1.807) is 0 Å². The Hall–Kier alpha value is -4.31. The molecule has 1 fully saturated rings. The summed E-state index contributed by atoms with van der Waals surface area (Å²) in [5, 5.41) is 0. The number of carbonyl (C=O) groups excluding carboxylic acids is 1. The lowest BCUT2D eigenvalue weighted by Gasteiger charge is -2.44. The number of carbonyl (C=O) groups is 1. The molecule has 4 aromatic carbocycles. The van der Waals surface area contributed by atoms with Gasteiger partial charge in [0, 0.05) is 17.5 Å². The first-order valence-corrected chi connectivity index (χ1v) is 13.9. The molecule has 2 heterocycles. The van der Waals surface area contributed by atoms with E-state index in [9.17, 15) is 4.79 Å². The number of amides is 1. The van der Waals surface area contributed by atoms with Crippen molar-refractivity contribution in [3.8, 4) is 22.6 Å². The van der Waals surface area contributed by atoms with Gasteiger partial charge in [-0.2, -0.15) is 0 Å². The van der Waals surface area contributed by atoms with Crippen LogP contribution >= 0.6 is 0 Å². The van der Waals surface area contributed by atoms with Gasteiger partial charge >= 0.3 is 6.09 Å². The van der Waals surface area contributed by atoms with E-state index in [1.165, 1.54) is 27.8 Å². The zero-order valence-electron chi connectivity index (χ0n) is 21.8. The van der Waals surface area contributed by atoms with Crippen molar-refractivity contribution in [1.82, 2.24) is 4.90 Å². The summed E-state index contributed by atoms with van der Waals surface area (Å²) >= 11 is 0. The van der Waals surface area contributed by atoms with E-state index < -0.39 is 0 Å². The van der Waals surface area contributed by atoms with Gasteiger partial charge < -0.3 is 9.47 Å². The summed E-state index contributed by atoms with van der Waals surface area (Å²) in [5.41, 5.74) is 7.32. The van der Waals surface area contributed by atoms with Gasteiger partial charge in [-0.3, -0.25) is 4.90 Å². The van der Waals surface area contributed by atoms with Gasteiger partial charge in [0.15, 0.2) is 0 Å². The van der Waals surface area contributed by atoms with Crippen LogP contribution in [0.5, 0.6) is 11.5 Å². The molecule has 2 atom stereocenters. The van der Waals surface area contributed by atoms with E-state index in [1.807, 2.05) is 47.4 Å². The molecule has 3 aliphatic rings. The quantitative estimate of drug-likeness (QED) is 0.269. The average molecular weight is 514 g/mol. The fraction of sp³-hybridized carbons (Fsp3) is 0.229. The Balaban J connectivity index is 1.11. The van der Waals surface area contributed by atoms with Gasteiger partial charge in [0.25, 0.3) is 0 Å². The van der Waals surface area contributed by atoms with Crippen LogP contribution in [-0.4, -0.2) is 29.7 Å². The number of para-hydroxylation sites is 2. The zero-order valence-corrected chi connectivity index (χ0v) is 21.8. The van der Waals surface area contributed by atoms with Crippen molar-refractivity contribution in [2.24, 2.45) is 0 Å². The fourth-order valence-corrected chi connectivity index (χ4v) is 6.62. The maximum atomic E-state index is 13.6. The van der Waals surface area contributed by atoms with E-state index in [-0.39, 0.29) is 24.1 Å². The predicted molar refractivity (Wildman–Crippen MR) is 154 cm³/mol. The molecule has 4 aromatic rings. The number of benzene rings is 4. The van der Waals surface area contributed by atoms with Gasteiger partial charge in [-0.25, -0.2) is 4.79 Å². The average Bonchev–Trinajstić information content (AvgIpc) is 3.30. The lowest BCUT2D eigenvalue weighted by atomic mass is 9.83. The molecule has 0 N–H and O–H groups in total. The number of rotatable bonds is 5. The van der Waals surface area contributed by atoms with Gasteiger partial charge in [0.2, 0.25) is 0 Å². The molecule has 2 unspecified atom stereocenters. The molecule has 39 heavy (non-hydrogen) atoms. The van der Waals surface area contributed by atoms with Crippen LogP contribution in [-0.2, 0) is 4.74 Å². The minimum absolute atomic E-state index is 0.0351. The van der Waals surface area contributed by atoms with E-state index in [0.717, 1.165) is 42.7 Å². The highest BCUT2D eigenvalue weighted by Gasteiger charge is 2.39. The molecule has 4 nitrogen and oxygen atoms in total. The monoisotopic (exact) mass is 513 g/mol. The summed E-state index contributed by atoms with van der Waals surface area (Å²) in [6.07, 6.45) is 5.93. The number of piperidine rings is 1. The molecule has 4 heteroatoms. The summed E-state index contributed by atoms with van der Waals surface area (Å²) in [5.74, 6) is 1.74. The Bertz CT molecular complexity index is 1500. The first-order chi connectivity index (χ1) is 19.3. The highest BCUT2D eigenvalue weighted by molar-refractivity contribution is 5.80. The lowest BCUT2D eigenvalue weighted by Crippen LogP contribution is -2.51. The van der Waals surface area contributed by atoms with Gasteiger partial charge in [-0.15, -0.1) is 0 Å². The number of hydrogen-bond donors (Lipinski definition) is 0. The van der Waals surface area contributed by atoms with Crippen molar-refractivity contribution < 1.29 is 14.3 Å². The van der Waals surface area contributed by atoms with Crippen molar-refractivity contribution in [2.45, 2.75) is 43.7 Å². The van der Waals surface area contributed by atoms with Crippen LogP contribution in [0.2, 0.25) is 0 Å². The van der Waals surface area contributed by atoms with Crippen molar-refractivity contribution in [3.05, 3.63) is 126 Å². The van der Waals surface area contributed by atoms with Crippen LogP contribution in [0, 0.1) is 0 Å². The zero-order chi connectivity index (χ0) is 26.2. The Kier molecular flexibility index (Phi) is 6.16. The Labute approximate surface area is 229 Å². The van der Waals surface area contributed by atoms with Crippen LogP contribution in [0.4, 0.5) is 4.79 Å². The van der Waals surface area contributed by atoms with Crippen LogP contribution in [0.3, 0.4) is 0 Å². The Morgan fingerprint density at radius 1 is 0.744 bits per heavy atom. The van der Waals surface area contributed by atoms with Crippen molar-refractivity contribution in [1.29, 1.82) is 0 Å². The van der Waals surface area contributed by atoms with Crippen molar-refractivity contribution >= 4 is 11.7 Å². The molecular formula is C35H31NO3. The third-order valence-corrected chi connectivity index (χ3v) is 8.39. The Morgan fingerprint density at radius 2 is 1.38 bits per heavy atom. The molecule has 2 bridgehead atoms. The molecule has 0 spiro atoms. The topological polar surface area (TPSA) is 38.8 Å². The summed E-state index contributed by atoms with van der Waals surface area (Å²) in [7, 11) is 0. The molecule has 7 rings (SSSR count). The minimum Gasteiger partial charge on any atom is -0.457 e. The molecule has 1 saturated heterocycles. The third-order valence-electron chi connectivity index (χ3n) is 8.39. The molecule has 1 aliphatic carbocycles. The van der Waals surface area contributed by atoms with E-state index in [2.05, 4.69) is 66.7 Å². The Morgan fingerprint density at radius 3 is 2.10 bits per heavy atom. The van der Waals surface area contributed by atoms with Gasteiger partial charge in [-0.05, 0) is 71.7 Å². The normalized spacial score (nSPS) is 19.6. The molecule has 0 aromatic heterocycles. The van der Waals surface area contributed by atoms with Crippen LogP contribution in [0.1, 0.15) is 48.3 Å². The maximum absolute atomic E-state index is 13.6. The van der Waals surface area contributed by atoms with Gasteiger partial charge in [-0.1, -0.05) is 91.0 Å². The first kappa shape index (κ1) is 23.8. The van der Waals surface area contributed by atoms with E-state index in [4.69, 9.17) is 9.47 Å². The summed E-state index contributed by atoms with van der Waals surface area (Å²) in [6.45, 7) is 0.354. The first-order valence-electron chi connectivity index (χ1n) is 13.9. The second kappa shape index (κ2) is 10.1. The van der Waals surface area contributed by atoms with Crippen LogP contribution < -0.4 is 4.74 Å². The molecule has 0 saturated carbocycles. The van der Waals surface area contributed by atoms with E-state index >= 15 is 0 Å². The van der Waals surface area contributed by atoms with Gasteiger partial charge in [0.05, 0.1) is 6.04 Å². The summed E-state index contributed by atoms with van der Waals surface area (Å²) in [6, 6.07) is 35.2. The highest BCUT2D eigenvalue weighted by atomic mass is 16.6. The molecule has 1 amide bonds. The number of fused-ring (bicyclic) bond motifs is 5. The van der Waals surface area contributed by atoms with Crippen LogP contribution in [0.25, 0.3) is 16.7 Å². The number of hydrogen-bond acceptors (Lipinski definition) is 3. The van der Waals surface area contributed by atoms with Crippen LogP contribution in [0.15, 0.2) is 109 Å². The number of ether oxygens (including phenoxy) is 2. The molecule has 0 radical (unpaired) electrons. The standard InChI is InChI=1S/C35H31NO3/c37-35(38-23-33-31-18-6-4-16-29(31)30-17-5-7-19-32(30)33)36-25-11-10-12-26(36)22-24(21-25)28-15-8-9-20-34(28)39-27-13-2-1-3-14-27/h1-9,13-21,25-26,33H,10-12,22-23H2. The molecular weight excluding hydrogens is 482 g/mol. The smallest absolute Gasteiger partial charge is 0.410 e. The maximum Gasteiger partial charge on any atom is 0.410 e. The second-order valence-electron chi connectivity index (χ2n) is 10.7. The van der Waals surface area contributed by atoms with E-state index in [0.29, 0.717) is 6.61 Å². The minimum atomic E-state index is -0.198. The lowest BCUT2D eigenvalue weighted by molar-refractivity contribution is 0.0539. The second-order valence-corrected chi connectivity index (χ2v) is 10.7. The van der Waals surface area contributed by atoms with Crippen molar-refractivity contribution in [3.63, 3.8) is 0 Å². The van der Waals surface area contributed by atoms with Gasteiger partial charge in [0.1, 0.15) is 18.1 Å². The molecule has 2 aliphatic heterocycles. The largest absolute Gasteiger partial charge is 0.457 e. The number of nitrogens with zero attached hydrogens (tertiary/aromatic N) is 1. The highest BCUT2D eigenvalue weighted by Crippen LogP contribution is 2.45. The third kappa shape index (κ3) is 4.40.